The Bertz CT molecular complexity index is 1640. The Balaban J connectivity index is 1.65. The second kappa shape index (κ2) is 13.0. The highest BCUT2D eigenvalue weighted by Gasteiger charge is 2.37. The molecule has 14 nitrogen and oxygen atoms in total. The summed E-state index contributed by atoms with van der Waals surface area (Å²) in [6.45, 7) is 9.60. The van der Waals surface area contributed by atoms with Crippen LogP contribution < -0.4 is 15.4 Å². The van der Waals surface area contributed by atoms with E-state index in [4.69, 9.17) is 21.2 Å². The molecule has 1 aliphatic rings. The minimum atomic E-state index is -4.11. The number of sulfonamides is 1. The molecule has 0 spiro atoms. The van der Waals surface area contributed by atoms with Crippen LogP contribution in [-0.4, -0.2) is 49.7 Å². The maximum absolute atomic E-state index is 13.3. The average molecular weight is 596 g/mol. The number of carbonyl (C=O) groups excluding carboxylic acids is 2. The van der Waals surface area contributed by atoms with Crippen LogP contribution in [0.25, 0.3) is 16.0 Å². The molecule has 3 rings (SSSR count). The van der Waals surface area contributed by atoms with Crippen LogP contribution >= 0.6 is 0 Å². The maximum atomic E-state index is 13.3. The third kappa shape index (κ3) is 7.01. The summed E-state index contributed by atoms with van der Waals surface area (Å²) >= 11 is 0. The first kappa shape index (κ1) is 32.0. The van der Waals surface area contributed by atoms with Crippen molar-refractivity contribution in [3.63, 3.8) is 0 Å². The minimum Gasteiger partial charge on any atom is -0.366 e. The van der Waals surface area contributed by atoms with Crippen LogP contribution in [0.3, 0.4) is 0 Å². The van der Waals surface area contributed by atoms with Crippen molar-refractivity contribution in [1.82, 2.24) is 15.4 Å². The monoisotopic (exact) mass is 595 g/mol. The molecule has 2 aromatic rings. The number of fused-ring (bicyclic) bond motifs is 1. The SMILES string of the molecule is Cc1c(C)c(S(=O)(=O)NC(=N)NCCC[C@H](NC(=O)c2cccc(N=[N+]=[N-])c2)C(=O)C=[N+]=[N-])c(C)c2c1C(C)(C)OC2. The van der Waals surface area contributed by atoms with E-state index in [9.17, 15) is 18.0 Å². The quantitative estimate of drug-likeness (QED) is 0.0758. The van der Waals surface area contributed by atoms with Crippen LogP contribution in [0.5, 0.6) is 0 Å². The van der Waals surface area contributed by atoms with Gasteiger partial charge in [0, 0.05) is 22.7 Å². The van der Waals surface area contributed by atoms with E-state index in [1.165, 1.54) is 24.3 Å². The molecule has 1 heterocycles. The van der Waals surface area contributed by atoms with Gasteiger partial charge in [-0.15, -0.1) is 0 Å². The van der Waals surface area contributed by atoms with Crippen molar-refractivity contribution in [3.8, 4) is 0 Å². The number of rotatable bonds is 11. The van der Waals surface area contributed by atoms with Gasteiger partial charge >= 0.3 is 6.21 Å². The van der Waals surface area contributed by atoms with Gasteiger partial charge in [-0.1, -0.05) is 17.2 Å². The van der Waals surface area contributed by atoms with Crippen LogP contribution in [0.4, 0.5) is 5.69 Å². The molecule has 15 heteroatoms. The summed E-state index contributed by atoms with van der Waals surface area (Å²) in [5, 5.41) is 16.8. The number of carbonyl (C=O) groups is 2. The number of hydrogen-bond acceptors (Lipinski definition) is 7. The van der Waals surface area contributed by atoms with E-state index in [1.807, 2.05) is 20.8 Å². The number of azide groups is 1. The molecule has 1 aliphatic heterocycles. The van der Waals surface area contributed by atoms with Crippen molar-refractivity contribution in [1.29, 1.82) is 5.41 Å². The number of guanidine groups is 1. The second-order valence-electron chi connectivity index (χ2n) is 10.3. The number of hydrogen-bond donors (Lipinski definition) is 4. The van der Waals surface area contributed by atoms with Gasteiger partial charge < -0.3 is 20.9 Å². The molecule has 0 aliphatic carbocycles. The molecule has 0 aromatic heterocycles. The van der Waals surface area contributed by atoms with Gasteiger partial charge in [-0.2, -0.15) is 4.79 Å². The molecule has 42 heavy (non-hydrogen) atoms. The number of ketones is 1. The molecular formula is C27H33N9O5S. The second-order valence-corrected chi connectivity index (χ2v) is 11.9. The van der Waals surface area contributed by atoms with Crippen molar-refractivity contribution in [3.05, 3.63) is 73.6 Å². The van der Waals surface area contributed by atoms with Gasteiger partial charge in [-0.25, -0.2) is 13.1 Å². The Morgan fingerprint density at radius 3 is 2.57 bits per heavy atom. The van der Waals surface area contributed by atoms with E-state index in [2.05, 4.69) is 30.2 Å². The minimum absolute atomic E-state index is 0.0810. The topological polar surface area (TPSA) is 223 Å². The summed E-state index contributed by atoms with van der Waals surface area (Å²) in [6.07, 6.45) is 0.985. The van der Waals surface area contributed by atoms with E-state index < -0.39 is 39.3 Å². The zero-order valence-corrected chi connectivity index (χ0v) is 24.8. The van der Waals surface area contributed by atoms with Gasteiger partial charge in [0.05, 0.1) is 23.1 Å². The smallest absolute Gasteiger partial charge is 0.325 e. The number of nitrogens with one attached hydrogen (secondary N) is 4. The highest BCUT2D eigenvalue weighted by Crippen LogP contribution is 2.43. The lowest BCUT2D eigenvalue weighted by atomic mass is 9.87. The van der Waals surface area contributed by atoms with E-state index in [-0.39, 0.29) is 35.5 Å². The summed E-state index contributed by atoms with van der Waals surface area (Å²) < 4.78 is 34.8. The molecule has 0 unspecified atom stereocenters. The van der Waals surface area contributed by atoms with Gasteiger partial charge in [0.25, 0.3) is 21.7 Å². The molecule has 0 radical (unpaired) electrons. The van der Waals surface area contributed by atoms with Crippen LogP contribution in [0, 0.1) is 26.2 Å². The third-order valence-corrected chi connectivity index (χ3v) is 8.75. The van der Waals surface area contributed by atoms with E-state index in [0.717, 1.165) is 16.7 Å². The van der Waals surface area contributed by atoms with Gasteiger partial charge in [0.2, 0.25) is 5.96 Å². The molecule has 0 bridgehead atoms. The molecule has 1 amide bonds. The third-order valence-electron chi connectivity index (χ3n) is 7.13. The first-order chi connectivity index (χ1) is 19.7. The first-order valence-electron chi connectivity index (χ1n) is 13.0. The molecule has 1 atom stereocenters. The van der Waals surface area contributed by atoms with Crippen molar-refractivity contribution < 1.29 is 27.5 Å². The number of benzene rings is 2. The van der Waals surface area contributed by atoms with Crippen molar-refractivity contribution in [2.24, 2.45) is 5.11 Å². The van der Waals surface area contributed by atoms with Crippen molar-refractivity contribution in [2.45, 2.75) is 70.6 Å². The van der Waals surface area contributed by atoms with E-state index in [1.54, 1.807) is 13.8 Å². The summed E-state index contributed by atoms with van der Waals surface area (Å²) in [5.74, 6) is -1.74. The Labute approximate surface area is 243 Å². The molecular weight excluding hydrogens is 562 g/mol. The Morgan fingerprint density at radius 2 is 1.90 bits per heavy atom. The Kier molecular flexibility index (Phi) is 9.87. The molecule has 4 N–H and O–H groups in total. The number of nitrogens with zero attached hydrogens (tertiary/aromatic N) is 5. The highest BCUT2D eigenvalue weighted by molar-refractivity contribution is 7.90. The fraction of sp³-hybridized carbons (Fsp3) is 0.407. The van der Waals surface area contributed by atoms with Crippen LogP contribution in [-0.2, 0) is 31.8 Å². The van der Waals surface area contributed by atoms with E-state index in [0.29, 0.717) is 23.9 Å². The predicted octanol–water partition coefficient (Wildman–Crippen LogP) is 3.57. The zero-order valence-electron chi connectivity index (χ0n) is 24.0. The number of Topliss-reactive ketones (excluding diaryl/α,β-unsaturated/α-hetero) is 1. The lowest BCUT2D eigenvalue weighted by molar-refractivity contribution is -0.117. The summed E-state index contributed by atoms with van der Waals surface area (Å²) in [4.78, 5) is 30.6. The molecule has 222 valence electrons. The predicted molar refractivity (Wildman–Crippen MR) is 155 cm³/mol. The van der Waals surface area contributed by atoms with Gasteiger partial charge in [-0.05, 0) is 92.9 Å². The normalized spacial score (nSPS) is 14.0. The fourth-order valence-electron chi connectivity index (χ4n) is 5.09. The van der Waals surface area contributed by atoms with E-state index >= 15 is 0 Å². The summed E-state index contributed by atoms with van der Waals surface area (Å²) in [5.41, 5.74) is 21.0. The highest BCUT2D eigenvalue weighted by atomic mass is 32.2. The lowest BCUT2D eigenvalue weighted by Crippen LogP contribution is -2.43. The van der Waals surface area contributed by atoms with Crippen molar-refractivity contribution in [2.75, 3.05) is 6.54 Å². The average Bonchev–Trinajstić information content (AvgIpc) is 3.24. The molecule has 0 saturated heterocycles. The fourth-order valence-corrected chi connectivity index (χ4v) is 6.61. The Hall–Kier alpha value is -4.55. The van der Waals surface area contributed by atoms with Crippen LogP contribution in [0.1, 0.15) is 64.9 Å². The van der Waals surface area contributed by atoms with Gasteiger partial charge in [0.15, 0.2) is 0 Å². The standard InChI is InChI=1S/C27H33N9O5S/c1-15-16(2)24(17(3)20-14-41-27(4,5)23(15)20)42(39,40)35-26(28)31-11-7-10-21(22(37)13-32-29)33-25(38)18-8-6-9-19(12-18)34-36-30/h6,8-9,12-13,21H,7,10-11,14H2,1-5H3,(H,33,38)(H3,28,31,35)/t21-/m0/s1. The molecule has 2 aromatic carbocycles. The van der Waals surface area contributed by atoms with Gasteiger partial charge in [-0.3, -0.25) is 15.0 Å². The Morgan fingerprint density at radius 1 is 1.19 bits per heavy atom. The largest absolute Gasteiger partial charge is 0.366 e. The van der Waals surface area contributed by atoms with Crippen LogP contribution in [0.2, 0.25) is 0 Å². The maximum Gasteiger partial charge on any atom is 0.325 e. The number of amides is 1. The molecule has 0 saturated carbocycles. The van der Waals surface area contributed by atoms with Crippen molar-refractivity contribution >= 4 is 39.6 Å². The number of ether oxygens (including phenoxy) is 1. The summed E-state index contributed by atoms with van der Waals surface area (Å²) in [7, 11) is -4.11. The zero-order chi connectivity index (χ0) is 31.2. The molecule has 0 fully saturated rings. The van der Waals surface area contributed by atoms with Crippen LogP contribution in [0.15, 0.2) is 34.3 Å². The van der Waals surface area contributed by atoms with Gasteiger partial charge in [0.1, 0.15) is 0 Å². The summed E-state index contributed by atoms with van der Waals surface area (Å²) in [6, 6.07) is 4.78. The first-order valence-corrected chi connectivity index (χ1v) is 14.5. The lowest BCUT2D eigenvalue weighted by Gasteiger charge is -2.24.